The van der Waals surface area contributed by atoms with Gasteiger partial charge in [0.15, 0.2) is 0 Å². The summed E-state index contributed by atoms with van der Waals surface area (Å²) in [7, 11) is 0. The summed E-state index contributed by atoms with van der Waals surface area (Å²) in [5.41, 5.74) is 3.48. The highest BCUT2D eigenvalue weighted by atomic mass is 16.3. The van der Waals surface area contributed by atoms with Gasteiger partial charge in [0, 0.05) is 5.56 Å². The highest BCUT2D eigenvalue weighted by Crippen LogP contribution is 2.17. The number of amides is 1. The van der Waals surface area contributed by atoms with E-state index in [9.17, 15) is 15.0 Å². The molecule has 3 N–H and O–H groups in total. The van der Waals surface area contributed by atoms with Gasteiger partial charge in [0.2, 0.25) is 0 Å². The average Bonchev–Trinajstić information content (AvgIpc) is 2.45. The number of carbonyl (C=O) groups is 1. The van der Waals surface area contributed by atoms with Crippen molar-refractivity contribution in [2.45, 2.75) is 6.92 Å². The monoisotopic (exact) mass is 270 g/mol. The van der Waals surface area contributed by atoms with E-state index in [2.05, 4.69) is 10.5 Å². The molecule has 0 aromatic heterocycles. The van der Waals surface area contributed by atoms with Crippen molar-refractivity contribution in [3.8, 4) is 11.5 Å². The lowest BCUT2D eigenvalue weighted by Crippen LogP contribution is -2.19. The predicted molar refractivity (Wildman–Crippen MR) is 75.9 cm³/mol. The molecule has 0 radical (unpaired) electrons. The minimum absolute atomic E-state index is 0.0885. The summed E-state index contributed by atoms with van der Waals surface area (Å²) in [5.74, 6) is -0.538. The summed E-state index contributed by atoms with van der Waals surface area (Å²) in [5, 5.41) is 23.2. The molecule has 0 fully saturated rings. The molecule has 0 aliphatic carbocycles. The number of benzene rings is 2. The Labute approximate surface area is 116 Å². The Morgan fingerprint density at radius 2 is 1.45 bits per heavy atom. The van der Waals surface area contributed by atoms with Crippen LogP contribution in [0, 0.1) is 0 Å². The van der Waals surface area contributed by atoms with Crippen molar-refractivity contribution in [3.63, 3.8) is 0 Å². The predicted octanol–water partition coefficient (Wildman–Crippen LogP) is 2.25. The molecule has 0 atom stereocenters. The summed E-state index contributed by atoms with van der Waals surface area (Å²) in [6.07, 6.45) is 0. The first-order valence-corrected chi connectivity index (χ1v) is 6.00. The smallest absolute Gasteiger partial charge is 0.275 e. The van der Waals surface area contributed by atoms with Gasteiger partial charge in [0.1, 0.15) is 11.5 Å². The number of hydrogen-bond donors (Lipinski definition) is 3. The topological polar surface area (TPSA) is 81.9 Å². The van der Waals surface area contributed by atoms with E-state index >= 15 is 0 Å². The maximum absolute atomic E-state index is 11.8. The van der Waals surface area contributed by atoms with Gasteiger partial charge in [-0.05, 0) is 31.2 Å². The Balaban J connectivity index is 2.16. The quantitative estimate of drug-likeness (QED) is 0.591. The number of hydrogen-bond acceptors (Lipinski definition) is 4. The standard InChI is InChI=1S/C15H14N2O3/c1-10(11-6-2-4-8-13(11)18)16-17-15(20)12-7-3-5-9-14(12)19/h2-9,18-19H,1H3,(H,17,20). The Morgan fingerprint density at radius 3 is 2.00 bits per heavy atom. The van der Waals surface area contributed by atoms with Gasteiger partial charge < -0.3 is 10.2 Å². The van der Waals surface area contributed by atoms with Crippen LogP contribution in [0.4, 0.5) is 0 Å². The van der Waals surface area contributed by atoms with Crippen molar-refractivity contribution in [2.24, 2.45) is 5.10 Å². The Bertz CT molecular complexity index is 666. The molecule has 0 saturated carbocycles. The summed E-state index contributed by atoms with van der Waals surface area (Å²) in [6, 6.07) is 12.9. The molecule has 1 amide bonds. The van der Waals surface area contributed by atoms with Crippen molar-refractivity contribution >= 4 is 11.6 Å². The van der Waals surface area contributed by atoms with Crippen molar-refractivity contribution in [3.05, 3.63) is 59.7 Å². The van der Waals surface area contributed by atoms with Gasteiger partial charge in [0.25, 0.3) is 5.91 Å². The van der Waals surface area contributed by atoms with Crippen molar-refractivity contribution in [2.75, 3.05) is 0 Å². The molecule has 0 heterocycles. The van der Waals surface area contributed by atoms with E-state index in [0.29, 0.717) is 11.3 Å². The van der Waals surface area contributed by atoms with Crippen LogP contribution < -0.4 is 5.43 Å². The van der Waals surface area contributed by atoms with Crippen LogP contribution in [0.15, 0.2) is 53.6 Å². The van der Waals surface area contributed by atoms with Gasteiger partial charge >= 0.3 is 0 Å². The summed E-state index contributed by atoms with van der Waals surface area (Å²) >= 11 is 0. The number of aromatic hydroxyl groups is 2. The second-order valence-corrected chi connectivity index (χ2v) is 4.17. The van der Waals surface area contributed by atoms with Crippen molar-refractivity contribution in [1.29, 1.82) is 0 Å². The summed E-state index contributed by atoms with van der Waals surface area (Å²) in [4.78, 5) is 11.8. The van der Waals surface area contributed by atoms with Crippen LogP contribution in [0.2, 0.25) is 0 Å². The zero-order chi connectivity index (χ0) is 14.5. The molecule has 0 aliphatic heterocycles. The fourth-order valence-electron chi connectivity index (χ4n) is 1.70. The first kappa shape index (κ1) is 13.6. The van der Waals surface area contributed by atoms with Gasteiger partial charge in [-0.15, -0.1) is 0 Å². The molecule has 20 heavy (non-hydrogen) atoms. The number of rotatable bonds is 3. The number of carbonyl (C=O) groups excluding carboxylic acids is 1. The van der Waals surface area contributed by atoms with Gasteiger partial charge in [-0.2, -0.15) is 5.10 Å². The fraction of sp³-hybridized carbons (Fsp3) is 0.0667. The molecule has 5 heteroatoms. The van der Waals surface area contributed by atoms with E-state index < -0.39 is 5.91 Å². The number of nitrogens with zero attached hydrogens (tertiary/aromatic N) is 1. The van der Waals surface area contributed by atoms with E-state index in [-0.39, 0.29) is 17.1 Å². The lowest BCUT2D eigenvalue weighted by molar-refractivity contribution is 0.0952. The average molecular weight is 270 g/mol. The first-order valence-electron chi connectivity index (χ1n) is 6.00. The Hall–Kier alpha value is -2.82. The van der Waals surface area contributed by atoms with E-state index in [1.165, 1.54) is 12.1 Å². The van der Waals surface area contributed by atoms with Crippen molar-refractivity contribution < 1.29 is 15.0 Å². The zero-order valence-electron chi connectivity index (χ0n) is 10.9. The number of phenols is 2. The largest absolute Gasteiger partial charge is 0.507 e. The molecule has 0 saturated heterocycles. The van der Waals surface area contributed by atoms with Crippen LogP contribution in [-0.4, -0.2) is 21.8 Å². The van der Waals surface area contributed by atoms with E-state index in [0.717, 1.165) is 0 Å². The second-order valence-electron chi connectivity index (χ2n) is 4.17. The molecule has 2 rings (SSSR count). The SMILES string of the molecule is CC(=NNC(=O)c1ccccc1O)c1ccccc1O. The third-order valence-electron chi connectivity index (χ3n) is 2.77. The first-order chi connectivity index (χ1) is 9.59. The molecule has 2 aromatic rings. The van der Waals surface area contributed by atoms with Gasteiger partial charge in [-0.25, -0.2) is 5.43 Å². The number of phenolic OH excluding ortho intramolecular Hbond substituents is 2. The Kier molecular flexibility index (Phi) is 4.00. The highest BCUT2D eigenvalue weighted by molar-refractivity contribution is 6.03. The molecule has 102 valence electrons. The third-order valence-corrected chi connectivity index (χ3v) is 2.77. The Morgan fingerprint density at radius 1 is 0.950 bits per heavy atom. The van der Waals surface area contributed by atoms with Crippen LogP contribution in [0.3, 0.4) is 0 Å². The van der Waals surface area contributed by atoms with Crippen LogP contribution in [0.5, 0.6) is 11.5 Å². The van der Waals surface area contributed by atoms with Gasteiger partial charge in [-0.3, -0.25) is 4.79 Å². The normalized spacial score (nSPS) is 11.2. The molecular weight excluding hydrogens is 256 g/mol. The van der Waals surface area contributed by atoms with Crippen LogP contribution in [-0.2, 0) is 0 Å². The molecule has 0 unspecified atom stereocenters. The number of hydrazone groups is 1. The zero-order valence-corrected chi connectivity index (χ0v) is 10.9. The minimum atomic E-state index is -0.516. The molecule has 5 nitrogen and oxygen atoms in total. The molecule has 2 aromatic carbocycles. The second kappa shape index (κ2) is 5.88. The molecule has 0 aliphatic rings. The van der Waals surface area contributed by atoms with E-state index in [1.54, 1.807) is 43.3 Å². The van der Waals surface area contributed by atoms with E-state index in [1.807, 2.05) is 0 Å². The van der Waals surface area contributed by atoms with Crippen LogP contribution in [0.25, 0.3) is 0 Å². The molecule has 0 bridgehead atoms. The summed E-state index contributed by atoms with van der Waals surface area (Å²) < 4.78 is 0. The third kappa shape index (κ3) is 2.95. The van der Waals surface area contributed by atoms with Crippen LogP contribution >= 0.6 is 0 Å². The number of para-hydroxylation sites is 2. The van der Waals surface area contributed by atoms with Crippen molar-refractivity contribution in [1.82, 2.24) is 5.43 Å². The van der Waals surface area contributed by atoms with Crippen LogP contribution in [0.1, 0.15) is 22.8 Å². The highest BCUT2D eigenvalue weighted by Gasteiger charge is 2.10. The lowest BCUT2D eigenvalue weighted by Gasteiger charge is -2.05. The van der Waals surface area contributed by atoms with Gasteiger partial charge in [0.05, 0.1) is 11.3 Å². The maximum Gasteiger partial charge on any atom is 0.275 e. The number of nitrogens with one attached hydrogen (secondary N) is 1. The summed E-state index contributed by atoms with van der Waals surface area (Å²) in [6.45, 7) is 1.67. The van der Waals surface area contributed by atoms with E-state index in [4.69, 9.17) is 0 Å². The molecular formula is C15H14N2O3. The lowest BCUT2D eigenvalue weighted by atomic mass is 10.1. The minimum Gasteiger partial charge on any atom is -0.507 e. The molecule has 0 spiro atoms. The fourth-order valence-corrected chi connectivity index (χ4v) is 1.70. The van der Waals surface area contributed by atoms with Gasteiger partial charge in [-0.1, -0.05) is 24.3 Å². The maximum atomic E-state index is 11.8.